The predicted molar refractivity (Wildman–Crippen MR) is 98.4 cm³/mol. The second kappa shape index (κ2) is 9.45. The van der Waals surface area contributed by atoms with Gasteiger partial charge in [-0.15, -0.1) is 0 Å². The van der Waals surface area contributed by atoms with E-state index in [1.165, 1.54) is 29.6 Å². The van der Waals surface area contributed by atoms with Gasteiger partial charge in [0.25, 0.3) is 0 Å². The Kier molecular flexibility index (Phi) is 8.52. The summed E-state index contributed by atoms with van der Waals surface area (Å²) in [5.41, 5.74) is 7.64. The average molecular weight is 453 g/mol. The first-order valence-electron chi connectivity index (χ1n) is 8.48. The van der Waals surface area contributed by atoms with Crippen LogP contribution in [0.2, 0.25) is 0 Å². The Bertz CT molecular complexity index is 762. The Morgan fingerprint density at radius 2 is 1.20 bits per heavy atom. The molecular formula is C22H26Cl2Zr. The molecule has 1 aromatic carbocycles. The minimum absolute atomic E-state index is 0. The Labute approximate surface area is 172 Å². The van der Waals surface area contributed by atoms with Gasteiger partial charge in [0.05, 0.1) is 0 Å². The maximum absolute atomic E-state index is 2.42. The minimum atomic E-state index is -2.00. The fraction of sp³-hybridized carbons (Fsp3) is 0.318. The van der Waals surface area contributed by atoms with Crippen LogP contribution in [-0.4, -0.2) is 3.21 Å². The Morgan fingerprint density at radius 3 is 1.56 bits per heavy atom. The molecule has 0 N–H and O–H groups in total. The molecule has 0 atom stereocenters. The number of allylic oxidation sites excluding steroid dienone is 8. The van der Waals surface area contributed by atoms with Crippen LogP contribution in [0.15, 0.2) is 71.3 Å². The topological polar surface area (TPSA) is 0 Å². The van der Waals surface area contributed by atoms with Crippen LogP contribution >= 0.6 is 0 Å². The number of hydrogen-bond acceptors (Lipinski definition) is 0. The summed E-state index contributed by atoms with van der Waals surface area (Å²) in [6.45, 7) is 11.6. The molecule has 3 rings (SSSR count). The third-order valence-electron chi connectivity index (χ3n) is 4.97. The third kappa shape index (κ3) is 4.82. The maximum Gasteiger partial charge on any atom is -1.00 e. The van der Waals surface area contributed by atoms with Crippen LogP contribution in [0.25, 0.3) is 0 Å². The van der Waals surface area contributed by atoms with Gasteiger partial charge < -0.3 is 24.8 Å². The molecular weight excluding hydrogens is 426 g/mol. The van der Waals surface area contributed by atoms with Gasteiger partial charge in [0, 0.05) is 0 Å². The van der Waals surface area contributed by atoms with Gasteiger partial charge in [-0.25, -0.2) is 0 Å². The van der Waals surface area contributed by atoms with E-state index in [2.05, 4.69) is 77.1 Å². The van der Waals surface area contributed by atoms with Gasteiger partial charge in [-0.1, -0.05) is 0 Å². The molecule has 0 saturated heterocycles. The molecule has 3 heteroatoms. The molecule has 0 aliphatic heterocycles. The smallest absolute Gasteiger partial charge is 1.00 e. The summed E-state index contributed by atoms with van der Waals surface area (Å²) in [7, 11) is 0. The summed E-state index contributed by atoms with van der Waals surface area (Å²) in [5.74, 6) is 0. The van der Waals surface area contributed by atoms with Gasteiger partial charge >= 0.3 is 149 Å². The predicted octanol–water partition coefficient (Wildman–Crippen LogP) is 0.101. The SMILES string of the molecule is CC1=CC(C)=[C]([Zr+2]([C]2=C(C)C=C(C)C2)=[C](C)c2ccccc2)C1.[Cl-].[Cl-]. The molecule has 1 aromatic rings. The van der Waals surface area contributed by atoms with E-state index in [0.29, 0.717) is 0 Å². The Morgan fingerprint density at radius 1 is 0.760 bits per heavy atom. The molecule has 2 aliphatic carbocycles. The normalized spacial score (nSPS) is 15.8. The molecule has 2 aliphatic rings. The van der Waals surface area contributed by atoms with Crippen molar-refractivity contribution < 1.29 is 46.1 Å². The summed E-state index contributed by atoms with van der Waals surface area (Å²) in [6, 6.07) is 11.1. The van der Waals surface area contributed by atoms with Crippen LogP contribution in [0.3, 0.4) is 0 Å². The van der Waals surface area contributed by atoms with Crippen LogP contribution in [0.5, 0.6) is 0 Å². The van der Waals surface area contributed by atoms with Crippen LogP contribution < -0.4 is 24.8 Å². The minimum Gasteiger partial charge on any atom is -1.00 e. The molecule has 25 heavy (non-hydrogen) atoms. The van der Waals surface area contributed by atoms with Crippen LogP contribution in [0.4, 0.5) is 0 Å². The van der Waals surface area contributed by atoms with Crippen molar-refractivity contribution in [3.8, 4) is 0 Å². The second-order valence-electron chi connectivity index (χ2n) is 7.02. The van der Waals surface area contributed by atoms with E-state index in [-0.39, 0.29) is 24.8 Å². The van der Waals surface area contributed by atoms with Crippen molar-refractivity contribution in [1.29, 1.82) is 0 Å². The monoisotopic (exact) mass is 450 g/mol. The van der Waals surface area contributed by atoms with E-state index < -0.39 is 21.3 Å². The van der Waals surface area contributed by atoms with Crippen LogP contribution in [-0.2, 0) is 21.3 Å². The molecule has 132 valence electrons. The summed E-state index contributed by atoms with van der Waals surface area (Å²) in [6.07, 6.45) is 7.25. The number of rotatable bonds is 3. The standard InChI is InChI=1S/C8H8.2C7H9.2ClH.Zr/c1-2-8-6-4-3-5-7-8;2*1-6-3-4-7(2)5-6;;;/h3-7H,1H3;2*5H,3H2,1-2H3;2*1H;/q;;;;;+2/p-2. The maximum atomic E-state index is 2.42. The zero-order valence-corrected chi connectivity index (χ0v) is 19.7. The molecule has 0 unspecified atom stereocenters. The quantitative estimate of drug-likeness (QED) is 0.611. The summed E-state index contributed by atoms with van der Waals surface area (Å²) in [4.78, 5) is 0. The van der Waals surface area contributed by atoms with Gasteiger partial charge in [-0.2, -0.15) is 0 Å². The van der Waals surface area contributed by atoms with Gasteiger partial charge in [0.15, 0.2) is 0 Å². The van der Waals surface area contributed by atoms with Crippen LogP contribution in [0, 0.1) is 0 Å². The van der Waals surface area contributed by atoms with E-state index in [1.807, 2.05) is 0 Å². The largest absolute Gasteiger partial charge is 1.00 e. The van der Waals surface area contributed by atoms with E-state index in [4.69, 9.17) is 0 Å². The number of benzene rings is 1. The van der Waals surface area contributed by atoms with Crippen LogP contribution in [0.1, 0.15) is 53.0 Å². The second-order valence-corrected chi connectivity index (χ2v) is 13.7. The van der Waals surface area contributed by atoms with E-state index in [1.54, 1.807) is 20.9 Å². The molecule has 0 heterocycles. The first-order valence-corrected chi connectivity index (χ1v) is 12.2. The Hall–Kier alpha value is -0.487. The molecule has 0 aromatic heterocycles. The molecule has 0 fully saturated rings. The third-order valence-corrected chi connectivity index (χ3v) is 13.3. The van der Waals surface area contributed by atoms with Gasteiger partial charge in [0.2, 0.25) is 0 Å². The first kappa shape index (κ1) is 22.6. The van der Waals surface area contributed by atoms with Gasteiger partial charge in [-0.05, 0) is 0 Å². The molecule has 0 radical (unpaired) electrons. The fourth-order valence-corrected chi connectivity index (χ4v) is 12.7. The summed E-state index contributed by atoms with van der Waals surface area (Å²) < 4.78 is 5.27. The summed E-state index contributed by atoms with van der Waals surface area (Å²) >= 11 is -2.00. The van der Waals surface area contributed by atoms with Crippen molar-refractivity contribution in [2.24, 2.45) is 0 Å². The first-order chi connectivity index (χ1) is 11.0. The zero-order valence-electron chi connectivity index (χ0n) is 15.7. The fourth-order valence-electron chi connectivity index (χ4n) is 3.89. The molecule has 0 bridgehead atoms. The molecule has 0 saturated carbocycles. The average Bonchev–Trinajstić information content (AvgIpc) is 3.02. The van der Waals surface area contributed by atoms with Gasteiger partial charge in [-0.3, -0.25) is 0 Å². The van der Waals surface area contributed by atoms with Crippen molar-refractivity contribution in [2.75, 3.05) is 0 Å². The van der Waals surface area contributed by atoms with Gasteiger partial charge in [0.1, 0.15) is 0 Å². The van der Waals surface area contributed by atoms with Crippen molar-refractivity contribution in [3.05, 3.63) is 76.9 Å². The van der Waals surface area contributed by atoms with E-state index in [0.717, 1.165) is 0 Å². The number of hydrogen-bond donors (Lipinski definition) is 0. The Balaban J connectivity index is 0.00000156. The molecule has 0 spiro atoms. The zero-order chi connectivity index (χ0) is 16.6. The number of halogens is 2. The molecule has 0 amide bonds. The van der Waals surface area contributed by atoms with Crippen molar-refractivity contribution >= 4 is 3.21 Å². The van der Waals surface area contributed by atoms with Crippen molar-refractivity contribution in [3.63, 3.8) is 0 Å². The van der Waals surface area contributed by atoms with Crippen molar-refractivity contribution in [1.82, 2.24) is 0 Å². The van der Waals surface area contributed by atoms with E-state index in [9.17, 15) is 0 Å². The summed E-state index contributed by atoms with van der Waals surface area (Å²) in [5, 5.41) is 0. The van der Waals surface area contributed by atoms with Crippen molar-refractivity contribution in [2.45, 2.75) is 47.5 Å². The van der Waals surface area contributed by atoms with E-state index >= 15 is 0 Å². The molecule has 0 nitrogen and oxygen atoms in total.